The lowest BCUT2D eigenvalue weighted by Gasteiger charge is -2.49. The van der Waals surface area contributed by atoms with Crippen LogP contribution in [0.3, 0.4) is 0 Å². The van der Waals surface area contributed by atoms with Gasteiger partial charge >= 0.3 is 0 Å². The summed E-state index contributed by atoms with van der Waals surface area (Å²) in [4.78, 5) is 3.23. The van der Waals surface area contributed by atoms with Crippen LogP contribution in [0.15, 0.2) is 22.0 Å². The smallest absolute Gasteiger partial charge is 0.0566 e. The van der Waals surface area contributed by atoms with Gasteiger partial charge in [-0.2, -0.15) is 0 Å². The van der Waals surface area contributed by atoms with E-state index in [1.807, 2.05) is 0 Å². The molecule has 8 unspecified atom stereocenters. The first-order valence-electron chi connectivity index (χ1n) is 11.9. The zero-order valence-electron chi connectivity index (χ0n) is 18.9. The van der Waals surface area contributed by atoms with Crippen molar-refractivity contribution in [1.29, 1.82) is 0 Å². The second kappa shape index (κ2) is 6.95. The van der Waals surface area contributed by atoms with E-state index in [4.69, 9.17) is 0 Å². The maximum atomic E-state index is 2.84. The Hall–Kier alpha value is 0.397. The van der Waals surface area contributed by atoms with Crippen LogP contribution < -0.4 is 0 Å². The van der Waals surface area contributed by atoms with Crippen molar-refractivity contribution in [1.82, 2.24) is 0 Å². The van der Waals surface area contributed by atoms with Crippen LogP contribution in [0.25, 0.3) is 0 Å². The Morgan fingerprint density at radius 2 is 1.32 bits per heavy atom. The summed E-state index contributed by atoms with van der Waals surface area (Å²) in [5.41, 5.74) is 2.03. The molecule has 0 saturated heterocycles. The molecular formula is C25H40S2Si. The number of allylic oxidation sites excluding steroid dienone is 4. The first-order chi connectivity index (χ1) is 13.2. The SMILES string of the molecule is CC1=CC2C(S1)C([Si](C)(C)C1C(C)CC3C1[C@@H](C)CC[C@@H]3C)C1SC(C)=C[C@@H]21. The van der Waals surface area contributed by atoms with E-state index in [9.17, 15) is 0 Å². The van der Waals surface area contributed by atoms with Crippen LogP contribution in [-0.4, -0.2) is 18.6 Å². The van der Waals surface area contributed by atoms with E-state index in [0.29, 0.717) is 0 Å². The monoisotopic (exact) mass is 432 g/mol. The van der Waals surface area contributed by atoms with Crippen molar-refractivity contribution in [2.75, 3.05) is 0 Å². The van der Waals surface area contributed by atoms with Crippen LogP contribution in [0.1, 0.15) is 53.9 Å². The molecular weight excluding hydrogens is 392 g/mol. The summed E-state index contributed by atoms with van der Waals surface area (Å²) in [6.45, 7) is 18.3. The molecule has 2 aliphatic heterocycles. The van der Waals surface area contributed by atoms with E-state index in [0.717, 1.165) is 63.0 Å². The molecule has 156 valence electrons. The fraction of sp³-hybridized carbons (Fsp3) is 0.840. The minimum atomic E-state index is -1.42. The summed E-state index contributed by atoms with van der Waals surface area (Å²) in [5, 5.41) is 1.77. The average molecular weight is 433 g/mol. The molecule has 11 atom stereocenters. The molecule has 3 aliphatic carbocycles. The van der Waals surface area contributed by atoms with Gasteiger partial charge in [0.15, 0.2) is 0 Å². The highest BCUT2D eigenvalue weighted by Crippen LogP contribution is 2.69. The molecule has 0 amide bonds. The second-order valence-electron chi connectivity index (χ2n) is 11.7. The van der Waals surface area contributed by atoms with Crippen molar-refractivity contribution in [3.05, 3.63) is 22.0 Å². The lowest BCUT2D eigenvalue weighted by atomic mass is 9.69. The number of hydrogen-bond donors (Lipinski definition) is 0. The van der Waals surface area contributed by atoms with Gasteiger partial charge in [-0.3, -0.25) is 0 Å². The molecule has 3 saturated carbocycles. The molecule has 2 heterocycles. The highest BCUT2D eigenvalue weighted by Gasteiger charge is 2.63. The fourth-order valence-corrected chi connectivity index (χ4v) is 20.0. The Kier molecular flexibility index (Phi) is 5.04. The predicted molar refractivity (Wildman–Crippen MR) is 131 cm³/mol. The van der Waals surface area contributed by atoms with Crippen molar-refractivity contribution in [2.45, 2.75) is 88.6 Å². The van der Waals surface area contributed by atoms with Crippen molar-refractivity contribution < 1.29 is 0 Å². The summed E-state index contributed by atoms with van der Waals surface area (Å²) in [7, 11) is -1.42. The molecule has 0 spiro atoms. The van der Waals surface area contributed by atoms with Crippen LogP contribution in [0.5, 0.6) is 0 Å². The summed E-state index contributed by atoms with van der Waals surface area (Å²) >= 11 is 4.55. The van der Waals surface area contributed by atoms with Crippen LogP contribution in [0.2, 0.25) is 24.2 Å². The number of rotatable bonds is 2. The average Bonchev–Trinajstić information content (AvgIpc) is 3.30. The fourth-order valence-electron chi connectivity index (χ4n) is 8.87. The largest absolute Gasteiger partial charge is 0.127 e. The van der Waals surface area contributed by atoms with E-state index < -0.39 is 8.07 Å². The lowest BCUT2D eigenvalue weighted by Crippen LogP contribution is -2.49. The normalized spacial score (nSPS) is 52.9. The topological polar surface area (TPSA) is 0 Å². The third-order valence-electron chi connectivity index (χ3n) is 9.76. The van der Waals surface area contributed by atoms with Gasteiger partial charge < -0.3 is 0 Å². The van der Waals surface area contributed by atoms with Gasteiger partial charge in [-0.05, 0) is 82.6 Å². The maximum Gasteiger partial charge on any atom is 0.0566 e. The zero-order valence-corrected chi connectivity index (χ0v) is 21.6. The molecule has 0 radical (unpaired) electrons. The molecule has 0 bridgehead atoms. The van der Waals surface area contributed by atoms with Gasteiger partial charge in [0.2, 0.25) is 0 Å². The molecule has 5 aliphatic rings. The standard InChI is InChI=1S/C25H40S2Si/c1-13-8-9-14(2)21-18(13)10-15(3)24(21)28(6,7)25-22-19(11-16(4)26-22)20-12-17(5)27-23(20)25/h11-15,18-25H,8-10H2,1-7H3/t13-,14-,15?,18?,19-,20?,21?,22?,23?,24?,25?/m0/s1. The molecule has 0 aromatic heterocycles. The van der Waals surface area contributed by atoms with E-state index in [1.165, 1.54) is 19.3 Å². The van der Waals surface area contributed by atoms with Gasteiger partial charge in [-0.1, -0.05) is 58.9 Å². The second-order valence-corrected chi connectivity index (χ2v) is 19.6. The summed E-state index contributed by atoms with van der Waals surface area (Å²) in [6, 6.07) is 0. The van der Waals surface area contributed by atoms with Crippen LogP contribution in [0, 0.1) is 41.4 Å². The predicted octanol–water partition coefficient (Wildman–Crippen LogP) is 8.06. The van der Waals surface area contributed by atoms with Gasteiger partial charge in [0.05, 0.1) is 8.07 Å². The molecule has 0 nitrogen and oxygen atoms in total. The summed E-state index contributed by atoms with van der Waals surface area (Å²) < 4.78 is 0. The van der Waals surface area contributed by atoms with Crippen LogP contribution in [0.4, 0.5) is 0 Å². The van der Waals surface area contributed by atoms with Crippen molar-refractivity contribution in [2.24, 2.45) is 41.4 Å². The molecule has 5 rings (SSSR count). The van der Waals surface area contributed by atoms with Crippen LogP contribution in [-0.2, 0) is 0 Å². The molecule has 3 heteroatoms. The molecule has 0 aromatic carbocycles. The molecule has 28 heavy (non-hydrogen) atoms. The molecule has 0 N–H and O–H groups in total. The molecule has 3 fully saturated rings. The Bertz CT molecular complexity index is 677. The maximum absolute atomic E-state index is 2.84. The highest BCUT2D eigenvalue weighted by molar-refractivity contribution is 8.05. The van der Waals surface area contributed by atoms with E-state index >= 15 is 0 Å². The quantitative estimate of drug-likeness (QED) is 0.405. The Labute approximate surface area is 183 Å². The zero-order chi connectivity index (χ0) is 20.0. The minimum absolute atomic E-state index is 0.826. The first-order valence-corrected chi connectivity index (χ1v) is 16.8. The molecule has 0 aromatic rings. The summed E-state index contributed by atoms with van der Waals surface area (Å²) in [6.07, 6.45) is 9.84. The Balaban J connectivity index is 1.51. The van der Waals surface area contributed by atoms with E-state index in [1.54, 1.807) is 9.81 Å². The number of fused-ring (bicyclic) bond motifs is 4. The third-order valence-corrected chi connectivity index (χ3v) is 18.1. The highest BCUT2D eigenvalue weighted by atomic mass is 32.2. The number of hydrogen-bond acceptors (Lipinski definition) is 2. The van der Waals surface area contributed by atoms with Gasteiger partial charge in [0.1, 0.15) is 0 Å². The van der Waals surface area contributed by atoms with Crippen LogP contribution >= 0.6 is 23.5 Å². The Morgan fingerprint density at radius 3 is 1.89 bits per heavy atom. The lowest BCUT2D eigenvalue weighted by molar-refractivity contribution is 0.135. The van der Waals surface area contributed by atoms with Gasteiger partial charge in [0.25, 0.3) is 0 Å². The van der Waals surface area contributed by atoms with E-state index in [-0.39, 0.29) is 0 Å². The minimum Gasteiger partial charge on any atom is -0.127 e. The Morgan fingerprint density at radius 1 is 0.786 bits per heavy atom. The van der Waals surface area contributed by atoms with Crippen molar-refractivity contribution in [3.63, 3.8) is 0 Å². The van der Waals surface area contributed by atoms with Gasteiger partial charge in [0, 0.05) is 10.5 Å². The van der Waals surface area contributed by atoms with Crippen molar-refractivity contribution in [3.8, 4) is 0 Å². The van der Waals surface area contributed by atoms with Crippen molar-refractivity contribution >= 4 is 31.6 Å². The van der Waals surface area contributed by atoms with E-state index in [2.05, 4.69) is 83.4 Å². The van der Waals surface area contributed by atoms with Gasteiger partial charge in [-0.15, -0.1) is 23.5 Å². The number of thioether (sulfide) groups is 2. The first kappa shape index (κ1) is 20.3. The van der Waals surface area contributed by atoms with Gasteiger partial charge in [-0.25, -0.2) is 0 Å². The third kappa shape index (κ3) is 2.84. The summed E-state index contributed by atoms with van der Waals surface area (Å²) in [5.74, 6) is 6.59.